The molecule has 178 valence electrons. The molecule has 4 heterocycles. The Hall–Kier alpha value is -4.10. The van der Waals surface area contributed by atoms with E-state index in [4.69, 9.17) is 10.7 Å². The van der Waals surface area contributed by atoms with Crippen molar-refractivity contribution in [3.05, 3.63) is 114 Å². The molecule has 2 atom stereocenters. The van der Waals surface area contributed by atoms with Crippen molar-refractivity contribution in [2.45, 2.75) is 43.3 Å². The van der Waals surface area contributed by atoms with E-state index in [1.165, 1.54) is 12.0 Å². The van der Waals surface area contributed by atoms with Crippen LogP contribution in [0.5, 0.6) is 0 Å². The Kier molecular flexibility index (Phi) is 4.85. The van der Waals surface area contributed by atoms with E-state index in [2.05, 4.69) is 86.7 Å². The van der Waals surface area contributed by atoms with E-state index >= 15 is 0 Å². The van der Waals surface area contributed by atoms with Gasteiger partial charge >= 0.3 is 0 Å². The second-order valence-electron chi connectivity index (χ2n) is 9.92. The maximum absolute atomic E-state index is 6.58. The summed E-state index contributed by atoms with van der Waals surface area (Å²) >= 11 is 0. The van der Waals surface area contributed by atoms with Gasteiger partial charge in [0, 0.05) is 35.3 Å². The van der Waals surface area contributed by atoms with Gasteiger partial charge in [-0.1, -0.05) is 60.7 Å². The zero-order valence-electron chi connectivity index (χ0n) is 19.9. The minimum absolute atomic E-state index is 0.00869. The van der Waals surface area contributed by atoms with E-state index in [1.54, 1.807) is 6.20 Å². The largest absolute Gasteiger partial charge is 0.321 e. The molecule has 1 aliphatic carbocycles. The molecule has 3 aliphatic rings. The first-order valence-electron chi connectivity index (χ1n) is 12.5. The predicted molar refractivity (Wildman–Crippen MR) is 140 cm³/mol. The van der Waals surface area contributed by atoms with Crippen molar-refractivity contribution in [1.82, 2.24) is 24.5 Å². The molecule has 2 N–H and O–H groups in total. The Morgan fingerprint density at radius 3 is 2.50 bits per heavy atom. The number of fused-ring (bicyclic) bond motifs is 3. The molecule has 4 aromatic rings. The summed E-state index contributed by atoms with van der Waals surface area (Å²) in [6.45, 7) is 0.570. The third-order valence-corrected chi connectivity index (χ3v) is 7.70. The number of aromatic nitrogens is 5. The quantitative estimate of drug-likeness (QED) is 0.466. The van der Waals surface area contributed by atoms with Crippen molar-refractivity contribution >= 4 is 17.5 Å². The Morgan fingerprint density at radius 2 is 1.78 bits per heavy atom. The van der Waals surface area contributed by atoms with Crippen LogP contribution in [-0.2, 0) is 12.1 Å². The lowest BCUT2D eigenvalue weighted by atomic mass is 9.72. The molecule has 2 unspecified atom stereocenters. The van der Waals surface area contributed by atoms with Gasteiger partial charge < -0.3 is 5.73 Å². The van der Waals surface area contributed by atoms with Gasteiger partial charge in [0.2, 0.25) is 0 Å². The lowest BCUT2D eigenvalue weighted by molar-refractivity contribution is 0.253. The number of rotatable bonds is 5. The van der Waals surface area contributed by atoms with Crippen LogP contribution in [0.1, 0.15) is 53.5 Å². The minimum Gasteiger partial charge on any atom is -0.321 e. The molecule has 36 heavy (non-hydrogen) atoms. The Labute approximate surface area is 209 Å². The highest BCUT2D eigenvalue weighted by molar-refractivity contribution is 6.32. The van der Waals surface area contributed by atoms with Crippen molar-refractivity contribution in [2.24, 2.45) is 10.7 Å². The van der Waals surface area contributed by atoms with Gasteiger partial charge in [0.05, 0.1) is 17.7 Å². The van der Waals surface area contributed by atoms with Gasteiger partial charge in [0.15, 0.2) is 5.82 Å². The average molecular weight is 474 g/mol. The van der Waals surface area contributed by atoms with E-state index < -0.39 is 0 Å². The molecular weight excluding hydrogens is 446 g/mol. The first kappa shape index (κ1) is 21.2. The number of allylic oxidation sites excluding steroid dienone is 1. The summed E-state index contributed by atoms with van der Waals surface area (Å²) in [7, 11) is 0. The summed E-state index contributed by atoms with van der Waals surface area (Å²) in [4.78, 5) is 5.27. The number of nitrogens with two attached hydrogens (primary N) is 1. The zero-order chi connectivity index (χ0) is 24.1. The van der Waals surface area contributed by atoms with Crippen LogP contribution in [0.4, 0.5) is 0 Å². The SMILES string of the molecule is NC1(c2ccc(C3=NC4C=Cn5c(Cn6cccn6)nnc5C4C=C3c3ccccc3)cc2)CCC1. The van der Waals surface area contributed by atoms with Crippen LogP contribution in [0.15, 0.2) is 90.2 Å². The number of hydrogen-bond acceptors (Lipinski definition) is 5. The summed E-state index contributed by atoms with van der Waals surface area (Å²) in [5.74, 6) is 1.77. The molecule has 7 heteroatoms. The summed E-state index contributed by atoms with van der Waals surface area (Å²) in [5.41, 5.74) is 12.0. The van der Waals surface area contributed by atoms with E-state index in [0.717, 1.165) is 46.9 Å². The molecule has 0 amide bonds. The molecule has 1 fully saturated rings. The monoisotopic (exact) mass is 473 g/mol. The van der Waals surface area contributed by atoms with Gasteiger partial charge in [-0.15, -0.1) is 10.2 Å². The fraction of sp³-hybridized carbons (Fsp3) is 0.241. The lowest BCUT2D eigenvalue weighted by Crippen LogP contribution is -2.43. The zero-order valence-corrected chi connectivity index (χ0v) is 19.9. The molecular formula is C29H27N7. The molecule has 2 aliphatic heterocycles. The van der Waals surface area contributed by atoms with Gasteiger partial charge in [-0.05, 0) is 42.5 Å². The Bertz CT molecular complexity index is 1490. The van der Waals surface area contributed by atoms with E-state index in [1.807, 2.05) is 23.0 Å². The number of hydrogen-bond donors (Lipinski definition) is 1. The second-order valence-corrected chi connectivity index (χ2v) is 9.92. The number of nitrogens with zero attached hydrogens (tertiary/aromatic N) is 6. The second kappa shape index (κ2) is 8.24. The number of aliphatic imine (C=N–C) groups is 1. The highest BCUT2D eigenvalue weighted by Gasteiger charge is 2.36. The van der Waals surface area contributed by atoms with Gasteiger partial charge in [-0.2, -0.15) is 5.10 Å². The van der Waals surface area contributed by atoms with Gasteiger partial charge in [0.25, 0.3) is 0 Å². The highest BCUT2D eigenvalue weighted by atomic mass is 15.3. The minimum atomic E-state index is -0.167. The summed E-state index contributed by atoms with van der Waals surface area (Å²) in [5, 5.41) is 13.4. The van der Waals surface area contributed by atoms with Gasteiger partial charge in [-0.25, -0.2) is 0 Å². The first-order valence-corrected chi connectivity index (χ1v) is 12.5. The molecule has 7 nitrogen and oxygen atoms in total. The van der Waals surface area contributed by atoms with Gasteiger partial charge in [-0.3, -0.25) is 14.2 Å². The predicted octanol–water partition coefficient (Wildman–Crippen LogP) is 4.38. The van der Waals surface area contributed by atoms with Crippen LogP contribution < -0.4 is 5.73 Å². The van der Waals surface area contributed by atoms with Crippen molar-refractivity contribution in [1.29, 1.82) is 0 Å². The fourth-order valence-electron chi connectivity index (χ4n) is 5.48. The molecule has 0 spiro atoms. The summed E-state index contributed by atoms with van der Waals surface area (Å²) in [6, 6.07) is 21.1. The molecule has 1 saturated carbocycles. The summed E-state index contributed by atoms with van der Waals surface area (Å²) in [6.07, 6.45) is 13.5. The third-order valence-electron chi connectivity index (χ3n) is 7.70. The molecule has 0 bridgehead atoms. The van der Waals surface area contributed by atoms with Crippen molar-refractivity contribution in [3.8, 4) is 0 Å². The molecule has 0 saturated heterocycles. The van der Waals surface area contributed by atoms with Crippen LogP contribution in [0, 0.1) is 0 Å². The Balaban J connectivity index is 1.28. The van der Waals surface area contributed by atoms with Crippen LogP contribution in [-0.4, -0.2) is 36.3 Å². The van der Waals surface area contributed by atoms with Crippen molar-refractivity contribution in [3.63, 3.8) is 0 Å². The molecule has 0 radical (unpaired) electrons. The van der Waals surface area contributed by atoms with E-state index in [0.29, 0.717) is 6.54 Å². The van der Waals surface area contributed by atoms with Crippen LogP contribution in [0.25, 0.3) is 11.8 Å². The molecule has 2 aromatic heterocycles. The van der Waals surface area contributed by atoms with E-state index in [9.17, 15) is 0 Å². The highest BCUT2D eigenvalue weighted by Crippen LogP contribution is 2.40. The standard InChI is InChI=1S/C29H27N7/c30-29(13-4-14-29)22-10-8-21(9-11-22)27-23(20-6-2-1-3-7-20)18-24-25(32-27)12-17-36-26(33-34-28(24)36)19-35-16-5-15-31-35/h1-3,5-12,15-18,24-25H,4,13-14,19,30H2. The smallest absolute Gasteiger partial charge is 0.158 e. The van der Waals surface area contributed by atoms with E-state index in [-0.39, 0.29) is 17.5 Å². The maximum Gasteiger partial charge on any atom is 0.158 e. The number of dihydropyridines is 1. The third kappa shape index (κ3) is 3.46. The van der Waals surface area contributed by atoms with Crippen LogP contribution in [0.3, 0.4) is 0 Å². The normalized spacial score (nSPS) is 21.7. The number of benzene rings is 2. The molecule has 2 aromatic carbocycles. The molecule has 7 rings (SSSR count). The van der Waals surface area contributed by atoms with Crippen molar-refractivity contribution in [2.75, 3.05) is 0 Å². The lowest BCUT2D eigenvalue weighted by Gasteiger charge is -2.38. The average Bonchev–Trinajstić information content (AvgIpc) is 3.58. The van der Waals surface area contributed by atoms with Crippen LogP contribution >= 0.6 is 0 Å². The first-order chi connectivity index (χ1) is 17.7. The van der Waals surface area contributed by atoms with Crippen molar-refractivity contribution < 1.29 is 0 Å². The fourth-order valence-corrected chi connectivity index (χ4v) is 5.48. The summed E-state index contributed by atoms with van der Waals surface area (Å²) < 4.78 is 3.94. The van der Waals surface area contributed by atoms with Crippen LogP contribution in [0.2, 0.25) is 0 Å². The Morgan fingerprint density at radius 1 is 0.944 bits per heavy atom. The maximum atomic E-state index is 6.58. The van der Waals surface area contributed by atoms with Gasteiger partial charge in [0.1, 0.15) is 12.4 Å². The topological polar surface area (TPSA) is 86.9 Å².